The highest BCUT2D eigenvalue weighted by Crippen LogP contribution is 2.17. The second kappa shape index (κ2) is 5.11. The van der Waals surface area contributed by atoms with Crippen LogP contribution in [0.4, 0.5) is 5.82 Å². The van der Waals surface area contributed by atoms with Gasteiger partial charge in [0.15, 0.2) is 11.5 Å². The molecule has 0 saturated heterocycles. The summed E-state index contributed by atoms with van der Waals surface area (Å²) in [5, 5.41) is 3.00. The second-order valence-corrected chi connectivity index (χ2v) is 3.57. The Bertz CT molecular complexity index is 450. The summed E-state index contributed by atoms with van der Waals surface area (Å²) in [7, 11) is 1.83. The summed E-state index contributed by atoms with van der Waals surface area (Å²) < 4.78 is 2.79. The fraction of sp³-hybridized carbons (Fsp3) is 0.400. The maximum Gasteiger partial charge on any atom is 0.180 e. The predicted octanol–water partition coefficient (Wildman–Crippen LogP) is 2.87. The molecule has 4 nitrogen and oxygen atoms in total. The number of nitrogens with one attached hydrogen (secondary N) is 1. The van der Waals surface area contributed by atoms with Gasteiger partial charge in [-0.25, -0.2) is 9.97 Å². The number of anilines is 1. The van der Waals surface area contributed by atoms with E-state index in [1.165, 1.54) is 0 Å². The fourth-order valence-corrected chi connectivity index (χ4v) is 1.63. The first-order valence-electron chi connectivity index (χ1n) is 4.90. The highest BCUT2D eigenvalue weighted by molar-refractivity contribution is 9.10. The molecule has 15 heavy (non-hydrogen) atoms. The Balaban J connectivity index is 0.000000531. The van der Waals surface area contributed by atoms with Gasteiger partial charge in [0.2, 0.25) is 0 Å². The number of nitrogens with zero attached hydrogens (tertiary/aromatic N) is 3. The van der Waals surface area contributed by atoms with Crippen LogP contribution >= 0.6 is 15.9 Å². The van der Waals surface area contributed by atoms with Gasteiger partial charge in [-0.3, -0.25) is 4.40 Å². The molecule has 0 radical (unpaired) electrons. The van der Waals surface area contributed by atoms with Crippen LogP contribution in [0.15, 0.2) is 17.0 Å². The van der Waals surface area contributed by atoms with Gasteiger partial charge in [-0.2, -0.15) is 0 Å². The fourth-order valence-electron chi connectivity index (χ4n) is 1.24. The minimum atomic E-state index is 0.780. The minimum Gasteiger partial charge on any atom is -0.370 e. The van der Waals surface area contributed by atoms with E-state index in [9.17, 15) is 0 Å². The summed E-state index contributed by atoms with van der Waals surface area (Å²) >= 11 is 3.34. The van der Waals surface area contributed by atoms with Gasteiger partial charge in [0.25, 0.3) is 0 Å². The van der Waals surface area contributed by atoms with Gasteiger partial charge in [-0.05, 0) is 22.9 Å². The molecule has 0 amide bonds. The molecule has 2 heterocycles. The van der Waals surface area contributed by atoms with Gasteiger partial charge < -0.3 is 5.32 Å². The topological polar surface area (TPSA) is 42.2 Å². The molecular formula is C10H15BrN4. The second-order valence-electron chi connectivity index (χ2n) is 2.76. The van der Waals surface area contributed by atoms with E-state index in [-0.39, 0.29) is 0 Å². The lowest BCUT2D eigenvalue weighted by atomic mass is 10.5. The van der Waals surface area contributed by atoms with Gasteiger partial charge in [0, 0.05) is 25.1 Å². The zero-order valence-electron chi connectivity index (χ0n) is 9.37. The van der Waals surface area contributed by atoms with Gasteiger partial charge in [-0.15, -0.1) is 0 Å². The van der Waals surface area contributed by atoms with E-state index >= 15 is 0 Å². The van der Waals surface area contributed by atoms with Gasteiger partial charge in [0.05, 0.1) is 0 Å². The molecule has 0 aliphatic rings. The van der Waals surface area contributed by atoms with E-state index in [1.54, 1.807) is 0 Å². The number of hydrogen-bond donors (Lipinski definition) is 1. The number of hydrogen-bond acceptors (Lipinski definition) is 3. The first-order chi connectivity index (χ1) is 7.22. The number of aryl methyl sites for hydroxylation is 1. The Morgan fingerprint density at radius 2 is 2.07 bits per heavy atom. The maximum atomic E-state index is 4.26. The van der Waals surface area contributed by atoms with Crippen molar-refractivity contribution in [1.82, 2.24) is 14.4 Å². The van der Waals surface area contributed by atoms with Crippen molar-refractivity contribution >= 4 is 27.4 Å². The molecule has 5 heteroatoms. The molecule has 2 rings (SSSR count). The van der Waals surface area contributed by atoms with Crippen LogP contribution in [0.2, 0.25) is 0 Å². The largest absolute Gasteiger partial charge is 0.370 e. The Labute approximate surface area is 97.9 Å². The minimum absolute atomic E-state index is 0.780. The smallest absolute Gasteiger partial charge is 0.180 e. The first kappa shape index (κ1) is 12.0. The molecule has 0 saturated carbocycles. The van der Waals surface area contributed by atoms with E-state index in [1.807, 2.05) is 44.6 Å². The number of aromatic nitrogens is 3. The SMILES string of the molecule is CC.CNc1nc(Br)cn2c(C)cnc12. The maximum absolute atomic E-state index is 4.26. The first-order valence-corrected chi connectivity index (χ1v) is 5.69. The van der Waals surface area contributed by atoms with E-state index < -0.39 is 0 Å². The molecule has 0 fully saturated rings. The lowest BCUT2D eigenvalue weighted by Gasteiger charge is -2.03. The lowest BCUT2D eigenvalue weighted by Crippen LogP contribution is -1.98. The summed E-state index contributed by atoms with van der Waals surface area (Å²) in [5.74, 6) is 0.780. The van der Waals surface area contributed by atoms with Gasteiger partial charge >= 0.3 is 0 Å². The molecule has 82 valence electrons. The third-order valence-electron chi connectivity index (χ3n) is 1.88. The third kappa shape index (κ3) is 2.28. The van der Waals surface area contributed by atoms with Crippen molar-refractivity contribution in [2.45, 2.75) is 20.8 Å². The summed E-state index contributed by atoms with van der Waals surface area (Å²) in [5.41, 5.74) is 1.94. The molecule has 0 aromatic carbocycles. The molecule has 0 aliphatic heterocycles. The average Bonchev–Trinajstić information content (AvgIpc) is 2.62. The van der Waals surface area contributed by atoms with E-state index in [0.717, 1.165) is 21.8 Å². The highest BCUT2D eigenvalue weighted by Gasteiger charge is 2.06. The van der Waals surface area contributed by atoms with Crippen LogP contribution in [0.5, 0.6) is 0 Å². The molecule has 0 bridgehead atoms. The summed E-state index contributed by atoms with van der Waals surface area (Å²) in [6.07, 6.45) is 3.72. The van der Waals surface area contributed by atoms with Crippen molar-refractivity contribution in [1.29, 1.82) is 0 Å². The van der Waals surface area contributed by atoms with Crippen molar-refractivity contribution in [2.75, 3.05) is 12.4 Å². The van der Waals surface area contributed by atoms with Crippen LogP contribution in [0, 0.1) is 6.92 Å². The lowest BCUT2D eigenvalue weighted by molar-refractivity contribution is 1.06. The molecule has 1 N–H and O–H groups in total. The van der Waals surface area contributed by atoms with Crippen LogP contribution in [-0.2, 0) is 0 Å². The normalized spacial score (nSPS) is 9.67. The van der Waals surface area contributed by atoms with Crippen molar-refractivity contribution in [3.8, 4) is 0 Å². The number of fused-ring (bicyclic) bond motifs is 1. The summed E-state index contributed by atoms with van der Waals surface area (Å²) in [6.45, 7) is 6.01. The van der Waals surface area contributed by atoms with Crippen molar-refractivity contribution in [3.63, 3.8) is 0 Å². The monoisotopic (exact) mass is 270 g/mol. The van der Waals surface area contributed by atoms with Gasteiger partial charge in [-0.1, -0.05) is 13.8 Å². The van der Waals surface area contributed by atoms with Crippen LogP contribution in [0.25, 0.3) is 5.65 Å². The van der Waals surface area contributed by atoms with Gasteiger partial charge in [0.1, 0.15) is 4.60 Å². The van der Waals surface area contributed by atoms with Crippen molar-refractivity contribution in [3.05, 3.63) is 22.7 Å². The molecule has 0 unspecified atom stereocenters. The Morgan fingerprint density at radius 3 is 2.67 bits per heavy atom. The summed E-state index contributed by atoms with van der Waals surface area (Å²) in [6, 6.07) is 0. The quantitative estimate of drug-likeness (QED) is 0.867. The van der Waals surface area contributed by atoms with E-state index in [0.29, 0.717) is 0 Å². The number of halogens is 1. The average molecular weight is 271 g/mol. The van der Waals surface area contributed by atoms with E-state index in [4.69, 9.17) is 0 Å². The van der Waals surface area contributed by atoms with Crippen molar-refractivity contribution in [2.24, 2.45) is 0 Å². The van der Waals surface area contributed by atoms with E-state index in [2.05, 4.69) is 31.2 Å². The van der Waals surface area contributed by atoms with Crippen LogP contribution in [0.1, 0.15) is 19.5 Å². The molecular weight excluding hydrogens is 256 g/mol. The molecule has 0 atom stereocenters. The molecule has 0 aliphatic carbocycles. The molecule has 2 aromatic heterocycles. The van der Waals surface area contributed by atoms with Crippen molar-refractivity contribution < 1.29 is 0 Å². The van der Waals surface area contributed by atoms with Crippen LogP contribution < -0.4 is 5.32 Å². The number of imidazole rings is 1. The Kier molecular flexibility index (Phi) is 4.08. The Hall–Kier alpha value is -1.10. The zero-order chi connectivity index (χ0) is 11.4. The highest BCUT2D eigenvalue weighted by atomic mass is 79.9. The Morgan fingerprint density at radius 1 is 1.40 bits per heavy atom. The molecule has 0 spiro atoms. The zero-order valence-corrected chi connectivity index (χ0v) is 11.0. The molecule has 2 aromatic rings. The third-order valence-corrected chi connectivity index (χ3v) is 2.27. The predicted molar refractivity (Wildman–Crippen MR) is 66.3 cm³/mol. The van der Waals surface area contributed by atoms with Crippen LogP contribution in [0.3, 0.4) is 0 Å². The van der Waals surface area contributed by atoms with Crippen LogP contribution in [-0.4, -0.2) is 21.4 Å². The number of rotatable bonds is 1. The standard InChI is InChI=1S/C8H9BrN4.C2H6/c1-5-3-11-8-7(10-2)12-6(9)4-13(5)8;1-2/h3-4H,1-2H3,(H,10,12);1-2H3. The summed E-state index contributed by atoms with van der Waals surface area (Å²) in [4.78, 5) is 8.50.